The molecule has 0 aromatic heterocycles. The molecule has 1 N–H and O–H groups in total. The molecule has 156 valence electrons. The molecule has 1 saturated heterocycles. The van der Waals surface area contributed by atoms with Crippen LogP contribution in [0.25, 0.3) is 0 Å². The zero-order valence-electron chi connectivity index (χ0n) is 16.7. The number of rotatable bonds is 7. The minimum absolute atomic E-state index is 0.0914. The minimum atomic E-state index is -0.749. The number of likely N-dealkylation sites (N-methyl/N-ethyl adjacent to an activating group) is 1. The molecule has 0 unspecified atom stereocenters. The average Bonchev–Trinajstić information content (AvgIpc) is 2.69. The average molecular weight is 437 g/mol. The maximum atomic E-state index is 13.4. The molecule has 1 aliphatic heterocycles. The lowest BCUT2D eigenvalue weighted by molar-refractivity contribution is -0.125. The minimum Gasteiger partial charge on any atom is -0.492 e. The lowest BCUT2D eigenvalue weighted by Crippen LogP contribution is -2.45. The van der Waals surface area contributed by atoms with E-state index in [9.17, 15) is 4.79 Å². The van der Waals surface area contributed by atoms with Gasteiger partial charge in [-0.1, -0.05) is 29.3 Å². The van der Waals surface area contributed by atoms with E-state index in [0.717, 1.165) is 17.9 Å². The van der Waals surface area contributed by atoms with Gasteiger partial charge in [0, 0.05) is 35.5 Å². The summed E-state index contributed by atoms with van der Waals surface area (Å²) in [6.07, 6.45) is 1.12. The molecule has 0 radical (unpaired) electrons. The van der Waals surface area contributed by atoms with E-state index in [-0.39, 0.29) is 5.91 Å². The molecular formula is C22H26Cl2N2O3. The second-order valence-electron chi connectivity index (χ2n) is 7.45. The molecule has 1 amide bonds. The third-order valence-corrected chi connectivity index (χ3v) is 5.69. The zero-order chi connectivity index (χ0) is 20.9. The molecule has 7 heteroatoms. The molecule has 1 heterocycles. The van der Waals surface area contributed by atoms with Crippen molar-refractivity contribution < 1.29 is 14.3 Å². The van der Waals surface area contributed by atoms with Gasteiger partial charge >= 0.3 is 0 Å². The summed E-state index contributed by atoms with van der Waals surface area (Å²) in [5.74, 6) is 0.678. The van der Waals surface area contributed by atoms with Crippen LogP contribution in [0.2, 0.25) is 10.0 Å². The number of nitrogens with one attached hydrogen (secondary N) is 1. The van der Waals surface area contributed by atoms with E-state index in [1.54, 1.807) is 12.1 Å². The Morgan fingerprint density at radius 3 is 2.45 bits per heavy atom. The summed E-state index contributed by atoms with van der Waals surface area (Å²) in [4.78, 5) is 15.4. The summed E-state index contributed by atoms with van der Waals surface area (Å²) < 4.78 is 11.2. The molecule has 0 atom stereocenters. The van der Waals surface area contributed by atoms with Crippen molar-refractivity contribution in [3.05, 3.63) is 58.1 Å². The standard InChI is InChI=1S/C22H26Cl2N2O3/c1-26(2)11-14-29-18-6-4-17(5-7-18)25-21(27)22(9-12-28-13-10-22)19-8-3-16(23)15-20(19)24/h3-8,15H,9-14H2,1-2H3,(H,25,27). The van der Waals surface area contributed by atoms with Crippen molar-refractivity contribution >= 4 is 34.8 Å². The van der Waals surface area contributed by atoms with E-state index in [4.69, 9.17) is 32.7 Å². The second-order valence-corrected chi connectivity index (χ2v) is 8.29. The highest BCUT2D eigenvalue weighted by molar-refractivity contribution is 6.35. The van der Waals surface area contributed by atoms with Crippen molar-refractivity contribution in [2.24, 2.45) is 0 Å². The van der Waals surface area contributed by atoms with Gasteiger partial charge in [0.15, 0.2) is 0 Å². The first-order valence-corrected chi connectivity index (χ1v) is 10.4. The first kappa shape index (κ1) is 21.9. The van der Waals surface area contributed by atoms with Crippen LogP contribution in [0.3, 0.4) is 0 Å². The van der Waals surface area contributed by atoms with Gasteiger partial charge in [0.05, 0.1) is 5.41 Å². The zero-order valence-corrected chi connectivity index (χ0v) is 18.2. The molecular weight excluding hydrogens is 411 g/mol. The third kappa shape index (κ3) is 5.43. The van der Waals surface area contributed by atoms with Crippen molar-refractivity contribution in [1.82, 2.24) is 4.90 Å². The quantitative estimate of drug-likeness (QED) is 0.687. The summed E-state index contributed by atoms with van der Waals surface area (Å²) in [5, 5.41) is 4.09. The molecule has 0 spiro atoms. The van der Waals surface area contributed by atoms with Gasteiger partial charge in [-0.25, -0.2) is 0 Å². The summed E-state index contributed by atoms with van der Waals surface area (Å²) in [6, 6.07) is 12.7. The van der Waals surface area contributed by atoms with Crippen LogP contribution < -0.4 is 10.1 Å². The Morgan fingerprint density at radius 1 is 1.14 bits per heavy atom. The van der Waals surface area contributed by atoms with Gasteiger partial charge in [0.2, 0.25) is 5.91 Å². The van der Waals surface area contributed by atoms with E-state index in [1.165, 1.54) is 0 Å². The van der Waals surface area contributed by atoms with E-state index in [2.05, 4.69) is 10.2 Å². The van der Waals surface area contributed by atoms with Crippen molar-refractivity contribution in [3.63, 3.8) is 0 Å². The molecule has 1 aliphatic rings. The maximum absolute atomic E-state index is 13.4. The number of hydrogen-bond donors (Lipinski definition) is 1. The molecule has 3 rings (SSSR count). The Hall–Kier alpha value is -1.79. The van der Waals surface area contributed by atoms with Crippen molar-refractivity contribution in [2.45, 2.75) is 18.3 Å². The van der Waals surface area contributed by atoms with Crippen molar-refractivity contribution in [1.29, 1.82) is 0 Å². The van der Waals surface area contributed by atoms with E-state index in [0.29, 0.717) is 48.4 Å². The smallest absolute Gasteiger partial charge is 0.235 e. The third-order valence-electron chi connectivity index (χ3n) is 5.15. The number of benzene rings is 2. The number of nitrogens with zero attached hydrogens (tertiary/aromatic N) is 1. The Bertz CT molecular complexity index is 834. The van der Waals surface area contributed by atoms with Crippen LogP contribution in [-0.2, 0) is 14.9 Å². The fourth-order valence-electron chi connectivity index (χ4n) is 3.45. The Balaban J connectivity index is 1.75. The number of anilines is 1. The Morgan fingerprint density at radius 2 is 1.83 bits per heavy atom. The maximum Gasteiger partial charge on any atom is 0.235 e. The highest BCUT2D eigenvalue weighted by atomic mass is 35.5. The first-order valence-electron chi connectivity index (χ1n) is 9.63. The molecule has 2 aromatic rings. The number of halogens is 2. The lowest BCUT2D eigenvalue weighted by atomic mass is 9.73. The number of ether oxygens (including phenoxy) is 2. The van der Waals surface area contributed by atoms with Crippen LogP contribution in [-0.4, -0.2) is 51.3 Å². The monoisotopic (exact) mass is 436 g/mol. The second kappa shape index (κ2) is 9.81. The number of carbonyl (C=O) groups is 1. The topological polar surface area (TPSA) is 50.8 Å². The number of amides is 1. The summed E-state index contributed by atoms with van der Waals surface area (Å²) in [6.45, 7) is 2.46. The Kier molecular flexibility index (Phi) is 7.41. The first-order chi connectivity index (χ1) is 13.9. The highest BCUT2D eigenvalue weighted by Gasteiger charge is 2.43. The van der Waals surface area contributed by atoms with Gasteiger partial charge in [-0.05, 0) is 68.9 Å². The lowest BCUT2D eigenvalue weighted by Gasteiger charge is -2.36. The number of carbonyl (C=O) groups excluding carboxylic acids is 1. The van der Waals surface area contributed by atoms with E-state index >= 15 is 0 Å². The van der Waals surface area contributed by atoms with Crippen LogP contribution in [0.15, 0.2) is 42.5 Å². The van der Waals surface area contributed by atoms with Gasteiger partial charge in [-0.15, -0.1) is 0 Å². The van der Waals surface area contributed by atoms with Gasteiger partial charge in [-0.3, -0.25) is 4.79 Å². The number of hydrogen-bond acceptors (Lipinski definition) is 4. The van der Waals surface area contributed by atoms with Crippen LogP contribution in [0, 0.1) is 0 Å². The van der Waals surface area contributed by atoms with E-state index < -0.39 is 5.41 Å². The van der Waals surface area contributed by atoms with Crippen LogP contribution in [0.4, 0.5) is 5.69 Å². The van der Waals surface area contributed by atoms with Gasteiger partial charge < -0.3 is 19.7 Å². The fraction of sp³-hybridized carbons (Fsp3) is 0.409. The molecule has 29 heavy (non-hydrogen) atoms. The molecule has 1 fully saturated rings. The summed E-state index contributed by atoms with van der Waals surface area (Å²) >= 11 is 12.5. The van der Waals surface area contributed by atoms with Crippen LogP contribution in [0.1, 0.15) is 18.4 Å². The van der Waals surface area contributed by atoms with Gasteiger partial charge in [0.25, 0.3) is 0 Å². The molecule has 0 saturated carbocycles. The molecule has 2 aromatic carbocycles. The predicted octanol–water partition coefficient (Wildman–Crippen LogP) is 4.62. The van der Waals surface area contributed by atoms with Gasteiger partial charge in [0.1, 0.15) is 12.4 Å². The fourth-order valence-corrected chi connectivity index (χ4v) is 4.04. The van der Waals surface area contributed by atoms with Crippen molar-refractivity contribution in [2.75, 3.05) is 45.8 Å². The Labute approximate surface area is 181 Å². The normalized spacial score (nSPS) is 15.9. The van der Waals surface area contributed by atoms with Gasteiger partial charge in [-0.2, -0.15) is 0 Å². The SMILES string of the molecule is CN(C)CCOc1ccc(NC(=O)C2(c3ccc(Cl)cc3Cl)CCOCC2)cc1. The molecule has 5 nitrogen and oxygen atoms in total. The van der Waals surface area contributed by atoms with E-state index in [1.807, 2.05) is 44.4 Å². The summed E-state index contributed by atoms with van der Waals surface area (Å²) in [7, 11) is 4.00. The molecule has 0 bridgehead atoms. The largest absolute Gasteiger partial charge is 0.492 e. The predicted molar refractivity (Wildman–Crippen MR) is 117 cm³/mol. The van der Waals surface area contributed by atoms with Crippen LogP contribution in [0.5, 0.6) is 5.75 Å². The highest BCUT2D eigenvalue weighted by Crippen LogP contribution is 2.40. The summed E-state index contributed by atoms with van der Waals surface area (Å²) in [5.41, 5.74) is 0.750. The van der Waals surface area contributed by atoms with Crippen LogP contribution >= 0.6 is 23.2 Å². The van der Waals surface area contributed by atoms with Crippen molar-refractivity contribution in [3.8, 4) is 5.75 Å². The molecule has 0 aliphatic carbocycles.